The predicted octanol–water partition coefficient (Wildman–Crippen LogP) is 6.29. The van der Waals surface area contributed by atoms with Crippen LogP contribution in [0.15, 0.2) is 23.6 Å². The number of fused-ring (bicyclic) bond motifs is 2. The number of thiazole rings is 1. The van der Waals surface area contributed by atoms with E-state index in [0.717, 1.165) is 31.1 Å². The Bertz CT molecular complexity index is 2220. The third kappa shape index (κ3) is 10.0. The van der Waals surface area contributed by atoms with Gasteiger partial charge in [-0.1, -0.05) is 45.7 Å². The lowest BCUT2D eigenvalue weighted by atomic mass is 9.85. The molecule has 1 aromatic carbocycles. The number of anilines is 1. The summed E-state index contributed by atoms with van der Waals surface area (Å²) < 4.78 is 29.6. The van der Waals surface area contributed by atoms with E-state index in [-0.39, 0.29) is 31.0 Å². The molecule has 2 aromatic heterocycles. The van der Waals surface area contributed by atoms with Crippen molar-refractivity contribution in [2.75, 3.05) is 58.4 Å². The number of nitrogens with one attached hydrogen (secondary N) is 3. The molecule has 0 spiro atoms. The van der Waals surface area contributed by atoms with Gasteiger partial charge in [0.25, 0.3) is 0 Å². The van der Waals surface area contributed by atoms with Gasteiger partial charge < -0.3 is 44.5 Å². The number of ether oxygens (including phenoxy) is 5. The average molecular weight is 925 g/mol. The number of benzene rings is 1. The van der Waals surface area contributed by atoms with Crippen molar-refractivity contribution in [2.45, 2.75) is 116 Å². The number of aromatic nitrogens is 2. The number of esters is 1. The fourth-order valence-electron chi connectivity index (χ4n) is 9.55. The molecular weight excluding hydrogens is 862 g/mol. The van der Waals surface area contributed by atoms with Crippen molar-refractivity contribution >= 4 is 62.8 Å². The van der Waals surface area contributed by atoms with E-state index >= 15 is 0 Å². The normalized spacial score (nSPS) is 26.9. The molecule has 3 amide bonds. The molecule has 2 saturated heterocycles. The summed E-state index contributed by atoms with van der Waals surface area (Å²) in [4.78, 5) is 69.5. The molecule has 5 fully saturated rings. The molecule has 3 aliphatic carbocycles. The fourth-order valence-corrected chi connectivity index (χ4v) is 10.7. The van der Waals surface area contributed by atoms with E-state index in [4.69, 9.17) is 45.3 Å². The van der Waals surface area contributed by atoms with E-state index < -0.39 is 53.0 Å². The number of likely N-dealkylation sites (tertiary alicyclic amines) is 1. The Morgan fingerprint density at radius 3 is 2.44 bits per heavy atom. The van der Waals surface area contributed by atoms with Crippen molar-refractivity contribution in [1.29, 1.82) is 0 Å². The van der Waals surface area contributed by atoms with Crippen LogP contribution in [0, 0.1) is 23.2 Å². The van der Waals surface area contributed by atoms with Gasteiger partial charge in [0.2, 0.25) is 11.8 Å². The number of pyridine rings is 1. The van der Waals surface area contributed by atoms with Crippen molar-refractivity contribution in [1.82, 2.24) is 30.4 Å². The molecule has 348 valence electrons. The zero-order chi connectivity index (χ0) is 45.5. The van der Waals surface area contributed by atoms with Crippen molar-refractivity contribution in [3.63, 3.8) is 0 Å². The number of carbonyl (C=O) groups is 4. The zero-order valence-corrected chi connectivity index (χ0v) is 39.4. The van der Waals surface area contributed by atoms with Gasteiger partial charge in [0, 0.05) is 48.9 Å². The Labute approximate surface area is 383 Å². The van der Waals surface area contributed by atoms with E-state index in [1.54, 1.807) is 12.1 Å². The lowest BCUT2D eigenvalue weighted by molar-refractivity contribution is -0.148. The molecule has 16 nitrogen and oxygen atoms in total. The Hall–Kier alpha value is -4.45. The summed E-state index contributed by atoms with van der Waals surface area (Å²) in [6.07, 6.45) is 2.47. The van der Waals surface area contributed by atoms with Crippen LogP contribution in [0.2, 0.25) is 5.02 Å². The quantitative estimate of drug-likeness (QED) is 0.137. The first kappa shape index (κ1) is 46.1. The Kier molecular flexibility index (Phi) is 13.5. The molecule has 8 atom stereocenters. The molecule has 3 N–H and O–H groups in total. The van der Waals surface area contributed by atoms with Gasteiger partial charge in [-0.2, -0.15) is 0 Å². The summed E-state index contributed by atoms with van der Waals surface area (Å²) in [7, 11) is 1.30. The second-order valence-electron chi connectivity index (χ2n) is 19.4. The summed E-state index contributed by atoms with van der Waals surface area (Å²) in [6, 6.07) is 3.52. The number of morpholine rings is 1. The van der Waals surface area contributed by atoms with Gasteiger partial charge in [0.15, 0.2) is 5.13 Å². The highest BCUT2D eigenvalue weighted by atomic mass is 35.5. The molecule has 0 radical (unpaired) electrons. The van der Waals surface area contributed by atoms with Crippen LogP contribution in [0.5, 0.6) is 11.5 Å². The summed E-state index contributed by atoms with van der Waals surface area (Å²) >= 11 is 8.58. The van der Waals surface area contributed by atoms with Gasteiger partial charge in [-0.3, -0.25) is 14.5 Å². The molecule has 0 bridgehead atoms. The SMILES string of the molecule is CC[C@@H]1C[C@]1(NC(=O)C1C[C@@H](Oc2cc(-c3csc(NC(C)C)n3)nc3c(Cl)c(OCCN4CCOCC4)ccc23)CN1C(=O)[C@@H](NC(=O)OC1C[C@@H]2C[C@@H]2C1)C(C)(C)C)C(=O)OC. The van der Waals surface area contributed by atoms with Crippen LogP contribution in [0.25, 0.3) is 22.3 Å². The molecule has 18 heteroatoms. The minimum atomic E-state index is -1.19. The predicted molar refractivity (Wildman–Crippen MR) is 243 cm³/mol. The van der Waals surface area contributed by atoms with Crippen LogP contribution in [0.1, 0.15) is 80.1 Å². The molecule has 3 aromatic rings. The monoisotopic (exact) mass is 923 g/mol. The molecule has 64 heavy (non-hydrogen) atoms. The largest absolute Gasteiger partial charge is 0.491 e. The third-order valence-electron chi connectivity index (χ3n) is 13.3. The zero-order valence-electron chi connectivity index (χ0n) is 37.9. The summed E-state index contributed by atoms with van der Waals surface area (Å²) in [5.41, 5.74) is -0.389. The first-order valence-corrected chi connectivity index (χ1v) is 24.0. The van der Waals surface area contributed by atoms with E-state index in [1.807, 2.05) is 53.0 Å². The second-order valence-corrected chi connectivity index (χ2v) is 20.6. The van der Waals surface area contributed by atoms with Crippen LogP contribution in [0.4, 0.5) is 9.93 Å². The van der Waals surface area contributed by atoms with Crippen LogP contribution < -0.4 is 25.4 Å². The number of methoxy groups -OCH3 is 1. The number of alkyl carbamates (subject to hydrolysis) is 1. The second kappa shape index (κ2) is 18.8. The minimum absolute atomic E-state index is 0.00339. The number of hydrogen-bond acceptors (Lipinski definition) is 14. The van der Waals surface area contributed by atoms with Crippen LogP contribution in [-0.4, -0.2) is 133 Å². The van der Waals surface area contributed by atoms with E-state index in [2.05, 4.69) is 20.9 Å². The van der Waals surface area contributed by atoms with Crippen LogP contribution >= 0.6 is 22.9 Å². The highest BCUT2D eigenvalue weighted by Crippen LogP contribution is 2.52. The molecule has 2 unspecified atom stereocenters. The summed E-state index contributed by atoms with van der Waals surface area (Å²) in [5.74, 6) is 0.517. The van der Waals surface area contributed by atoms with Gasteiger partial charge in [0.1, 0.15) is 58.7 Å². The van der Waals surface area contributed by atoms with Crippen molar-refractivity contribution in [2.24, 2.45) is 23.2 Å². The van der Waals surface area contributed by atoms with Gasteiger partial charge >= 0.3 is 12.1 Å². The maximum absolute atomic E-state index is 14.9. The number of nitrogens with zero attached hydrogens (tertiary/aromatic N) is 4. The highest BCUT2D eigenvalue weighted by Gasteiger charge is 2.62. The average Bonchev–Trinajstić information content (AvgIpc) is 3.92. The topological polar surface area (TPSA) is 183 Å². The van der Waals surface area contributed by atoms with Gasteiger partial charge in [-0.15, -0.1) is 11.3 Å². The molecular formula is C46H62ClN7O9S. The smallest absolute Gasteiger partial charge is 0.408 e. The number of amides is 3. The Morgan fingerprint density at radius 1 is 1.02 bits per heavy atom. The first-order valence-electron chi connectivity index (χ1n) is 22.7. The summed E-state index contributed by atoms with van der Waals surface area (Å²) in [6.45, 7) is 15.8. The lowest BCUT2D eigenvalue weighted by Crippen LogP contribution is -2.59. The molecule has 5 aliphatic rings. The molecule has 8 rings (SSSR count). The first-order chi connectivity index (χ1) is 30.6. The molecule has 3 saturated carbocycles. The van der Waals surface area contributed by atoms with Crippen molar-refractivity contribution < 1.29 is 42.9 Å². The maximum atomic E-state index is 14.9. The lowest BCUT2D eigenvalue weighted by Gasteiger charge is -2.35. The Balaban J connectivity index is 1.09. The van der Waals surface area contributed by atoms with E-state index in [0.29, 0.717) is 89.9 Å². The standard InChI is InChI=1S/C46H62ClN7O9S/c1-8-28-22-46(28,42(57)59-7)52-40(55)34-20-30(23-54(34)41(56)39(45(4,5)6)51-44(58)63-29-18-26-17-27(26)19-29)62-36-21-32(33-24-64-43(50-33)48-25(2)3)49-38-31(36)9-10-35(37(38)47)61-16-13-53-11-14-60-15-12-53/h9-10,21,24-30,34,39H,8,11-20,22-23H2,1-7H3,(H,48,50)(H,51,58)(H,52,55)/t26-,27+,28-,29?,30-,34?,39-,46-/m1/s1. The number of carbonyl (C=O) groups excluding carboxylic acids is 4. The maximum Gasteiger partial charge on any atom is 0.408 e. The van der Waals surface area contributed by atoms with Crippen molar-refractivity contribution in [3.05, 3.63) is 28.6 Å². The number of halogens is 1. The van der Waals surface area contributed by atoms with Gasteiger partial charge in [-0.05, 0) is 74.8 Å². The molecule has 2 aliphatic heterocycles. The highest BCUT2D eigenvalue weighted by molar-refractivity contribution is 7.14. The minimum Gasteiger partial charge on any atom is -0.491 e. The van der Waals surface area contributed by atoms with Gasteiger partial charge in [0.05, 0.1) is 38.1 Å². The van der Waals surface area contributed by atoms with Crippen molar-refractivity contribution in [3.8, 4) is 22.9 Å². The molecule has 4 heterocycles. The van der Waals surface area contributed by atoms with Crippen LogP contribution in [-0.2, 0) is 28.6 Å². The Morgan fingerprint density at radius 2 is 1.77 bits per heavy atom. The van der Waals surface area contributed by atoms with E-state index in [9.17, 15) is 19.2 Å². The fraction of sp³-hybridized carbons (Fsp3) is 0.652. The van der Waals surface area contributed by atoms with Crippen LogP contribution in [0.3, 0.4) is 0 Å². The third-order valence-corrected chi connectivity index (χ3v) is 14.4. The summed E-state index contributed by atoms with van der Waals surface area (Å²) in [5, 5.41) is 12.8. The van der Waals surface area contributed by atoms with E-state index in [1.165, 1.54) is 29.8 Å². The number of rotatable bonds is 16. The van der Waals surface area contributed by atoms with Gasteiger partial charge in [-0.25, -0.2) is 19.6 Å². The number of hydrogen-bond donors (Lipinski definition) is 3.